The molecule has 0 N–H and O–H groups in total. The van der Waals surface area contributed by atoms with Gasteiger partial charge in [-0.2, -0.15) is 8.78 Å². The van der Waals surface area contributed by atoms with Crippen LogP contribution in [0.15, 0.2) is 59.1 Å². The Morgan fingerprint density at radius 2 is 1.83 bits per heavy atom. The Morgan fingerprint density at radius 1 is 1.14 bits per heavy atom. The lowest BCUT2D eigenvalue weighted by atomic mass is 10.1. The summed E-state index contributed by atoms with van der Waals surface area (Å²) in [5.74, 6) is 1.21. The minimum Gasteiger partial charge on any atom is -0.441 e. The SMILES string of the molecule is Cc1ccc(-c2cnc(CCC(=O)N(C)Cc3ccc(OC(F)F)cc3)o2)cc1. The molecule has 0 spiro atoms. The van der Waals surface area contributed by atoms with E-state index in [4.69, 9.17) is 4.42 Å². The molecule has 0 bridgehead atoms. The number of nitrogens with zero attached hydrogens (tertiary/aromatic N) is 2. The number of amides is 1. The Bertz CT molecular complexity index is 937. The van der Waals surface area contributed by atoms with E-state index in [1.807, 2.05) is 31.2 Å². The number of carbonyl (C=O) groups is 1. The Labute approximate surface area is 167 Å². The molecule has 0 fully saturated rings. The molecule has 0 aliphatic rings. The second-order valence-electron chi connectivity index (χ2n) is 6.76. The van der Waals surface area contributed by atoms with Crippen molar-refractivity contribution in [3.8, 4) is 17.1 Å². The summed E-state index contributed by atoms with van der Waals surface area (Å²) >= 11 is 0. The molecule has 29 heavy (non-hydrogen) atoms. The van der Waals surface area contributed by atoms with Gasteiger partial charge < -0.3 is 14.1 Å². The average molecular weight is 400 g/mol. The van der Waals surface area contributed by atoms with Gasteiger partial charge in [0.25, 0.3) is 0 Å². The number of hydrogen-bond acceptors (Lipinski definition) is 4. The monoisotopic (exact) mass is 400 g/mol. The topological polar surface area (TPSA) is 55.6 Å². The summed E-state index contributed by atoms with van der Waals surface area (Å²) in [5.41, 5.74) is 2.93. The van der Waals surface area contributed by atoms with Crippen LogP contribution >= 0.6 is 0 Å². The summed E-state index contributed by atoms with van der Waals surface area (Å²) in [6, 6.07) is 14.2. The van der Waals surface area contributed by atoms with Crippen LogP contribution in [0.25, 0.3) is 11.3 Å². The molecule has 0 saturated carbocycles. The first-order chi connectivity index (χ1) is 13.9. The third kappa shape index (κ3) is 5.88. The molecule has 3 aromatic rings. The van der Waals surface area contributed by atoms with E-state index in [0.717, 1.165) is 11.1 Å². The Morgan fingerprint density at radius 3 is 2.48 bits per heavy atom. The molecule has 1 heterocycles. The van der Waals surface area contributed by atoms with Gasteiger partial charge in [0.15, 0.2) is 11.7 Å². The first kappa shape index (κ1) is 20.5. The Balaban J connectivity index is 1.50. The van der Waals surface area contributed by atoms with Crippen LogP contribution in [0.2, 0.25) is 0 Å². The molecule has 2 aromatic carbocycles. The largest absolute Gasteiger partial charge is 0.441 e. The Kier molecular flexibility index (Phi) is 6.59. The summed E-state index contributed by atoms with van der Waals surface area (Å²) in [4.78, 5) is 18.2. The summed E-state index contributed by atoms with van der Waals surface area (Å²) in [5, 5.41) is 0. The van der Waals surface area contributed by atoms with Crippen molar-refractivity contribution in [2.75, 3.05) is 7.05 Å². The number of ether oxygens (including phenoxy) is 1. The van der Waals surface area contributed by atoms with Crippen molar-refractivity contribution >= 4 is 5.91 Å². The van der Waals surface area contributed by atoms with E-state index in [1.165, 1.54) is 17.7 Å². The van der Waals surface area contributed by atoms with Crippen LogP contribution in [0.3, 0.4) is 0 Å². The maximum atomic E-state index is 12.4. The standard InChI is InChI=1S/C22H22F2N2O3/c1-15-3-7-17(8-4-15)19-13-25-20(29-19)11-12-21(27)26(2)14-16-5-9-18(10-6-16)28-22(23)24/h3-10,13,22H,11-12,14H2,1-2H3. The lowest BCUT2D eigenvalue weighted by molar-refractivity contribution is -0.130. The third-order valence-corrected chi connectivity index (χ3v) is 4.44. The van der Waals surface area contributed by atoms with Gasteiger partial charge >= 0.3 is 6.61 Å². The van der Waals surface area contributed by atoms with Gasteiger partial charge in [0, 0.05) is 32.0 Å². The minimum absolute atomic E-state index is 0.0620. The number of aryl methyl sites for hydroxylation is 2. The number of benzene rings is 2. The summed E-state index contributed by atoms with van der Waals surface area (Å²) in [7, 11) is 1.69. The summed E-state index contributed by atoms with van der Waals surface area (Å²) in [6.45, 7) is -0.469. The lowest BCUT2D eigenvalue weighted by Gasteiger charge is -2.17. The molecule has 152 valence electrons. The predicted octanol–water partition coefficient (Wildman–Crippen LogP) is 4.84. The van der Waals surface area contributed by atoms with Crippen molar-refractivity contribution in [3.05, 3.63) is 71.7 Å². The highest BCUT2D eigenvalue weighted by atomic mass is 19.3. The molecule has 0 radical (unpaired) electrons. The number of hydrogen-bond donors (Lipinski definition) is 0. The van der Waals surface area contributed by atoms with E-state index in [1.54, 1.807) is 30.3 Å². The van der Waals surface area contributed by atoms with Crippen molar-refractivity contribution in [3.63, 3.8) is 0 Å². The lowest BCUT2D eigenvalue weighted by Crippen LogP contribution is -2.26. The molecular formula is C22H22F2N2O3. The van der Waals surface area contributed by atoms with E-state index < -0.39 is 6.61 Å². The molecule has 0 saturated heterocycles. The number of aromatic nitrogens is 1. The minimum atomic E-state index is -2.85. The van der Waals surface area contributed by atoms with Crippen LogP contribution < -0.4 is 4.74 Å². The number of carbonyl (C=O) groups excluding carboxylic acids is 1. The van der Waals surface area contributed by atoms with E-state index in [9.17, 15) is 13.6 Å². The molecular weight excluding hydrogens is 378 g/mol. The van der Waals surface area contributed by atoms with Crippen molar-refractivity contribution in [1.29, 1.82) is 0 Å². The van der Waals surface area contributed by atoms with Gasteiger partial charge in [0.05, 0.1) is 6.20 Å². The van der Waals surface area contributed by atoms with Gasteiger partial charge in [-0.3, -0.25) is 4.79 Å². The first-order valence-corrected chi connectivity index (χ1v) is 9.20. The van der Waals surface area contributed by atoms with Crippen LogP contribution in [-0.4, -0.2) is 29.5 Å². The van der Waals surface area contributed by atoms with Crippen LogP contribution in [0, 0.1) is 6.92 Å². The second-order valence-corrected chi connectivity index (χ2v) is 6.76. The fourth-order valence-corrected chi connectivity index (χ4v) is 2.82. The van der Waals surface area contributed by atoms with Gasteiger partial charge in [0.1, 0.15) is 5.75 Å². The average Bonchev–Trinajstić information content (AvgIpc) is 3.16. The normalized spacial score (nSPS) is 10.9. The molecule has 1 amide bonds. The molecule has 1 aromatic heterocycles. The number of rotatable bonds is 8. The van der Waals surface area contributed by atoms with E-state index >= 15 is 0 Å². The van der Waals surface area contributed by atoms with Crippen LogP contribution in [0.1, 0.15) is 23.4 Å². The van der Waals surface area contributed by atoms with Crippen molar-refractivity contribution < 1.29 is 22.7 Å². The zero-order chi connectivity index (χ0) is 20.8. The van der Waals surface area contributed by atoms with Gasteiger partial charge in [-0.05, 0) is 24.6 Å². The molecule has 7 heteroatoms. The van der Waals surface area contributed by atoms with Crippen LogP contribution in [0.5, 0.6) is 5.75 Å². The maximum absolute atomic E-state index is 12.4. The van der Waals surface area contributed by atoms with E-state index in [2.05, 4.69) is 9.72 Å². The zero-order valence-corrected chi connectivity index (χ0v) is 16.3. The predicted molar refractivity (Wildman–Crippen MR) is 105 cm³/mol. The van der Waals surface area contributed by atoms with Crippen molar-refractivity contribution in [2.45, 2.75) is 32.9 Å². The highest BCUT2D eigenvalue weighted by molar-refractivity contribution is 5.76. The highest BCUT2D eigenvalue weighted by Gasteiger charge is 2.13. The van der Waals surface area contributed by atoms with Gasteiger partial charge in [-0.15, -0.1) is 0 Å². The second kappa shape index (κ2) is 9.32. The van der Waals surface area contributed by atoms with Crippen LogP contribution in [-0.2, 0) is 17.8 Å². The molecule has 0 atom stereocenters. The highest BCUT2D eigenvalue weighted by Crippen LogP contribution is 2.21. The quantitative estimate of drug-likeness (QED) is 0.543. The summed E-state index contributed by atoms with van der Waals surface area (Å²) < 4.78 is 34.4. The van der Waals surface area contributed by atoms with Gasteiger partial charge in [-0.1, -0.05) is 42.0 Å². The van der Waals surface area contributed by atoms with Crippen LogP contribution in [0.4, 0.5) is 8.78 Å². The van der Waals surface area contributed by atoms with Crippen molar-refractivity contribution in [1.82, 2.24) is 9.88 Å². The molecule has 0 aliphatic carbocycles. The van der Waals surface area contributed by atoms with E-state index in [0.29, 0.717) is 24.6 Å². The number of halogens is 2. The summed E-state index contributed by atoms with van der Waals surface area (Å²) in [6.07, 6.45) is 2.32. The molecule has 5 nitrogen and oxygen atoms in total. The fourth-order valence-electron chi connectivity index (χ4n) is 2.82. The van der Waals surface area contributed by atoms with Gasteiger partial charge in [0.2, 0.25) is 5.91 Å². The van der Waals surface area contributed by atoms with Crippen molar-refractivity contribution in [2.24, 2.45) is 0 Å². The third-order valence-electron chi connectivity index (χ3n) is 4.44. The smallest absolute Gasteiger partial charge is 0.387 e. The number of alkyl halides is 2. The van der Waals surface area contributed by atoms with Gasteiger partial charge in [-0.25, -0.2) is 4.98 Å². The molecule has 0 aliphatic heterocycles. The van der Waals surface area contributed by atoms with E-state index in [-0.39, 0.29) is 18.1 Å². The maximum Gasteiger partial charge on any atom is 0.387 e. The molecule has 0 unspecified atom stereocenters. The fraction of sp³-hybridized carbons (Fsp3) is 0.273. The number of oxazole rings is 1. The zero-order valence-electron chi connectivity index (χ0n) is 16.3. The molecule has 3 rings (SSSR count). The first-order valence-electron chi connectivity index (χ1n) is 9.20. The Hall–Kier alpha value is -3.22.